The average Bonchev–Trinajstić information content (AvgIpc) is 2.18. The van der Waals surface area contributed by atoms with Gasteiger partial charge in [-0.05, 0) is 6.42 Å². The van der Waals surface area contributed by atoms with Crippen molar-refractivity contribution in [3.63, 3.8) is 0 Å². The lowest BCUT2D eigenvalue weighted by Crippen LogP contribution is -2.30. The van der Waals surface area contributed by atoms with Crippen LogP contribution in [-0.2, 0) is 4.79 Å². The van der Waals surface area contributed by atoms with Gasteiger partial charge >= 0.3 is 0 Å². The highest BCUT2D eigenvalue weighted by atomic mass is 32.2. The van der Waals surface area contributed by atoms with Gasteiger partial charge in [0.15, 0.2) is 0 Å². The van der Waals surface area contributed by atoms with Crippen molar-refractivity contribution in [2.24, 2.45) is 5.92 Å². The van der Waals surface area contributed by atoms with Crippen LogP contribution in [0.2, 0.25) is 0 Å². The first-order valence-electron chi connectivity index (χ1n) is 4.20. The number of nitrogens with one attached hydrogen (secondary N) is 1. The number of hydrogen-bond acceptors (Lipinski definition) is 2. The highest BCUT2D eigenvalue weighted by molar-refractivity contribution is 7.99. The number of carbonyl (C=O) groups is 1. The Morgan fingerprint density at radius 1 is 1.73 bits per heavy atom. The Balaban J connectivity index is 2.39. The fourth-order valence-electron chi connectivity index (χ4n) is 1.25. The Morgan fingerprint density at radius 2 is 2.55 bits per heavy atom. The third kappa shape index (κ3) is 2.73. The normalized spacial score (nSPS) is 25.9. The summed E-state index contributed by atoms with van der Waals surface area (Å²) in [7, 11) is 0. The SMILES string of the molecule is CCCC1CSCCNC1=O. The highest BCUT2D eigenvalue weighted by Gasteiger charge is 2.19. The predicted molar refractivity (Wildman–Crippen MR) is 48.7 cm³/mol. The van der Waals surface area contributed by atoms with E-state index >= 15 is 0 Å². The standard InChI is InChI=1S/C8H15NOS/c1-2-3-7-6-11-5-4-9-8(7)10/h7H,2-6H2,1H3,(H,9,10). The molecule has 3 heteroatoms. The van der Waals surface area contributed by atoms with Gasteiger partial charge in [-0.15, -0.1) is 0 Å². The fraction of sp³-hybridized carbons (Fsp3) is 0.875. The van der Waals surface area contributed by atoms with Gasteiger partial charge < -0.3 is 5.32 Å². The lowest BCUT2D eigenvalue weighted by atomic mass is 10.1. The number of carbonyl (C=O) groups excluding carboxylic acids is 1. The second kappa shape index (κ2) is 4.65. The van der Waals surface area contributed by atoms with Gasteiger partial charge in [0, 0.05) is 24.0 Å². The molecular formula is C8H15NOS. The molecule has 1 aliphatic heterocycles. The predicted octanol–water partition coefficient (Wildman–Crippen LogP) is 1.27. The number of thioether (sulfide) groups is 1. The van der Waals surface area contributed by atoms with Crippen LogP contribution >= 0.6 is 11.8 Å². The maximum Gasteiger partial charge on any atom is 0.223 e. The minimum Gasteiger partial charge on any atom is -0.355 e. The van der Waals surface area contributed by atoms with E-state index in [1.165, 1.54) is 0 Å². The van der Waals surface area contributed by atoms with Gasteiger partial charge in [0.05, 0.1) is 0 Å². The second-order valence-corrected chi connectivity index (χ2v) is 4.00. The summed E-state index contributed by atoms with van der Waals surface area (Å²) in [5.74, 6) is 2.62. The van der Waals surface area contributed by atoms with E-state index < -0.39 is 0 Å². The lowest BCUT2D eigenvalue weighted by Gasteiger charge is -2.09. The molecule has 1 rings (SSSR count). The molecule has 0 aromatic rings. The monoisotopic (exact) mass is 173 g/mol. The highest BCUT2D eigenvalue weighted by Crippen LogP contribution is 2.16. The Hall–Kier alpha value is -0.180. The van der Waals surface area contributed by atoms with Crippen LogP contribution < -0.4 is 5.32 Å². The van der Waals surface area contributed by atoms with Crippen molar-refractivity contribution in [3.8, 4) is 0 Å². The third-order valence-corrected chi connectivity index (χ3v) is 3.00. The summed E-state index contributed by atoms with van der Waals surface area (Å²) >= 11 is 1.88. The maximum absolute atomic E-state index is 11.3. The molecule has 1 fully saturated rings. The van der Waals surface area contributed by atoms with Crippen LogP contribution in [0.4, 0.5) is 0 Å². The first-order chi connectivity index (χ1) is 5.34. The zero-order valence-electron chi connectivity index (χ0n) is 6.93. The molecule has 11 heavy (non-hydrogen) atoms. The smallest absolute Gasteiger partial charge is 0.223 e. The Kier molecular flexibility index (Phi) is 3.77. The summed E-state index contributed by atoms with van der Waals surface area (Å²) in [6.07, 6.45) is 2.15. The number of amides is 1. The van der Waals surface area contributed by atoms with Gasteiger partial charge in [-0.3, -0.25) is 4.79 Å². The molecule has 1 N–H and O–H groups in total. The van der Waals surface area contributed by atoms with Crippen LogP contribution in [-0.4, -0.2) is 24.0 Å². The van der Waals surface area contributed by atoms with E-state index in [-0.39, 0.29) is 11.8 Å². The van der Waals surface area contributed by atoms with Gasteiger partial charge in [0.2, 0.25) is 5.91 Å². The van der Waals surface area contributed by atoms with Crippen molar-refractivity contribution in [3.05, 3.63) is 0 Å². The summed E-state index contributed by atoms with van der Waals surface area (Å²) in [4.78, 5) is 11.3. The van der Waals surface area contributed by atoms with Crippen LogP contribution in [0.3, 0.4) is 0 Å². The van der Waals surface area contributed by atoms with Crippen LogP contribution in [0, 0.1) is 5.92 Å². The van der Waals surface area contributed by atoms with E-state index in [0.717, 1.165) is 30.9 Å². The molecule has 0 bridgehead atoms. The Bertz CT molecular complexity index is 138. The molecule has 64 valence electrons. The van der Waals surface area contributed by atoms with Crippen LogP contribution in [0.25, 0.3) is 0 Å². The summed E-state index contributed by atoms with van der Waals surface area (Å²) in [6, 6.07) is 0. The summed E-state index contributed by atoms with van der Waals surface area (Å²) in [5.41, 5.74) is 0. The van der Waals surface area contributed by atoms with Crippen molar-refractivity contribution in [2.45, 2.75) is 19.8 Å². The van der Waals surface area contributed by atoms with Crippen molar-refractivity contribution < 1.29 is 4.79 Å². The van der Waals surface area contributed by atoms with Crippen LogP contribution in [0.1, 0.15) is 19.8 Å². The Morgan fingerprint density at radius 3 is 3.27 bits per heavy atom. The van der Waals surface area contributed by atoms with Crippen molar-refractivity contribution in [1.82, 2.24) is 5.32 Å². The van der Waals surface area contributed by atoms with Crippen LogP contribution in [0.15, 0.2) is 0 Å². The van der Waals surface area contributed by atoms with Crippen molar-refractivity contribution >= 4 is 17.7 Å². The molecule has 0 saturated carbocycles. The summed E-state index contributed by atoms with van der Waals surface area (Å²) in [6.45, 7) is 2.98. The zero-order chi connectivity index (χ0) is 8.10. The van der Waals surface area contributed by atoms with E-state index in [4.69, 9.17) is 0 Å². The molecule has 1 aliphatic rings. The van der Waals surface area contributed by atoms with Gasteiger partial charge in [-0.25, -0.2) is 0 Å². The molecule has 1 heterocycles. The molecule has 1 atom stereocenters. The quantitative estimate of drug-likeness (QED) is 0.681. The maximum atomic E-state index is 11.3. The molecular weight excluding hydrogens is 158 g/mol. The van der Waals surface area contributed by atoms with Crippen molar-refractivity contribution in [2.75, 3.05) is 18.1 Å². The largest absolute Gasteiger partial charge is 0.355 e. The number of hydrogen-bond donors (Lipinski definition) is 1. The van der Waals surface area contributed by atoms with E-state index in [2.05, 4.69) is 12.2 Å². The topological polar surface area (TPSA) is 29.1 Å². The Labute approximate surface area is 72.1 Å². The molecule has 0 spiro atoms. The molecule has 0 aromatic heterocycles. The van der Waals surface area contributed by atoms with Crippen LogP contribution in [0.5, 0.6) is 0 Å². The zero-order valence-corrected chi connectivity index (χ0v) is 7.75. The van der Waals surface area contributed by atoms with Crippen molar-refractivity contribution in [1.29, 1.82) is 0 Å². The first-order valence-corrected chi connectivity index (χ1v) is 5.35. The van der Waals surface area contributed by atoms with E-state index in [0.29, 0.717) is 0 Å². The fourth-order valence-corrected chi connectivity index (χ4v) is 2.27. The molecule has 0 aliphatic carbocycles. The molecule has 0 radical (unpaired) electrons. The van der Waals surface area contributed by atoms with E-state index in [1.807, 2.05) is 11.8 Å². The average molecular weight is 173 g/mol. The van der Waals surface area contributed by atoms with E-state index in [1.54, 1.807) is 0 Å². The summed E-state index contributed by atoms with van der Waals surface area (Å²) < 4.78 is 0. The minimum atomic E-state index is 0.261. The lowest BCUT2D eigenvalue weighted by molar-refractivity contribution is -0.124. The van der Waals surface area contributed by atoms with Gasteiger partial charge in [-0.2, -0.15) is 11.8 Å². The van der Waals surface area contributed by atoms with Gasteiger partial charge in [0.1, 0.15) is 0 Å². The molecule has 1 saturated heterocycles. The first kappa shape index (κ1) is 8.91. The van der Waals surface area contributed by atoms with Gasteiger partial charge in [-0.1, -0.05) is 13.3 Å². The molecule has 2 nitrogen and oxygen atoms in total. The second-order valence-electron chi connectivity index (χ2n) is 2.85. The summed E-state index contributed by atoms with van der Waals surface area (Å²) in [5, 5.41) is 2.92. The number of rotatable bonds is 2. The molecule has 1 unspecified atom stereocenters. The van der Waals surface area contributed by atoms with Gasteiger partial charge in [0.25, 0.3) is 0 Å². The minimum absolute atomic E-state index is 0.261. The van der Waals surface area contributed by atoms with E-state index in [9.17, 15) is 4.79 Å². The third-order valence-electron chi connectivity index (χ3n) is 1.87. The molecule has 0 aromatic carbocycles. The molecule has 1 amide bonds.